The minimum absolute atomic E-state index is 0.0464. The Bertz CT molecular complexity index is 1060. The topological polar surface area (TPSA) is 52.9 Å². The molecule has 3 aliphatic carbocycles. The van der Waals surface area contributed by atoms with E-state index in [0.717, 1.165) is 51.0 Å². The highest BCUT2D eigenvalue weighted by atomic mass is 16.5. The summed E-state index contributed by atoms with van der Waals surface area (Å²) in [5.41, 5.74) is 4.17. The Labute approximate surface area is 210 Å². The summed E-state index contributed by atoms with van der Waals surface area (Å²) >= 11 is 0. The molecule has 4 nitrogen and oxygen atoms in total. The van der Waals surface area contributed by atoms with Crippen LogP contribution in [0.25, 0.3) is 0 Å². The van der Waals surface area contributed by atoms with Crippen LogP contribution in [0.5, 0.6) is 11.5 Å². The number of likely N-dealkylation sites (tertiary alicyclic amines) is 1. The van der Waals surface area contributed by atoms with Crippen LogP contribution in [0.15, 0.2) is 42.5 Å². The van der Waals surface area contributed by atoms with Gasteiger partial charge in [-0.25, -0.2) is 0 Å². The first kappa shape index (κ1) is 23.4. The van der Waals surface area contributed by atoms with Crippen molar-refractivity contribution in [1.82, 2.24) is 4.90 Å². The summed E-state index contributed by atoms with van der Waals surface area (Å²) in [6.45, 7) is 9.00. The number of hydrogen-bond donors (Lipinski definition) is 2. The average molecular weight is 476 g/mol. The second-order valence-electron chi connectivity index (χ2n) is 12.3. The molecule has 35 heavy (non-hydrogen) atoms. The molecule has 0 spiro atoms. The van der Waals surface area contributed by atoms with Gasteiger partial charge in [0.25, 0.3) is 0 Å². The summed E-state index contributed by atoms with van der Waals surface area (Å²) in [6, 6.07) is 14.9. The molecule has 0 bridgehead atoms. The predicted molar refractivity (Wildman–Crippen MR) is 139 cm³/mol. The van der Waals surface area contributed by atoms with Crippen molar-refractivity contribution in [2.75, 3.05) is 26.2 Å². The van der Waals surface area contributed by atoms with E-state index in [-0.39, 0.29) is 16.9 Å². The number of phenolic OH excluding ortho intramolecular Hbond substituents is 1. The standard InChI is InChI=1S/C31H41NO3/c1-30-14-13-22-19-23(33)7-10-25(22)29(30)26(20-31(2)27(30)11-12-28(31)34)21-5-8-24(9-6-21)35-18-17-32-15-3-4-16-32/h5-10,19,26-29,33-34H,3-4,11-18,20H2,1-2H3/t26-,27?,28+,29?,30+,31+/m1/s1. The quantitative estimate of drug-likeness (QED) is 0.568. The maximum atomic E-state index is 11.2. The van der Waals surface area contributed by atoms with Gasteiger partial charge in [-0.1, -0.05) is 32.0 Å². The fraction of sp³-hybridized carbons (Fsp3) is 0.613. The lowest BCUT2D eigenvalue weighted by Crippen LogP contribution is -2.52. The Hall–Kier alpha value is -2.04. The Morgan fingerprint density at radius 2 is 1.77 bits per heavy atom. The fourth-order valence-electron chi connectivity index (χ4n) is 8.68. The minimum Gasteiger partial charge on any atom is -0.508 e. The van der Waals surface area contributed by atoms with E-state index in [2.05, 4.69) is 49.1 Å². The van der Waals surface area contributed by atoms with Crippen LogP contribution in [0.4, 0.5) is 0 Å². The number of aliphatic hydroxyl groups excluding tert-OH is 1. The number of nitrogens with zero attached hydrogens (tertiary/aromatic N) is 1. The molecule has 2 aromatic rings. The van der Waals surface area contributed by atoms with Crippen LogP contribution in [-0.2, 0) is 6.42 Å². The largest absolute Gasteiger partial charge is 0.508 e. The van der Waals surface area contributed by atoms with E-state index in [1.165, 1.54) is 42.6 Å². The number of hydrogen-bond acceptors (Lipinski definition) is 4. The third kappa shape index (κ3) is 3.88. The van der Waals surface area contributed by atoms with Gasteiger partial charge in [0.05, 0.1) is 6.10 Å². The summed E-state index contributed by atoms with van der Waals surface area (Å²) in [6.07, 6.45) is 7.58. The number of ether oxygens (including phenoxy) is 1. The molecule has 2 saturated carbocycles. The van der Waals surface area contributed by atoms with Gasteiger partial charge >= 0.3 is 0 Å². The zero-order valence-corrected chi connectivity index (χ0v) is 21.4. The van der Waals surface area contributed by atoms with E-state index in [0.29, 0.717) is 23.5 Å². The van der Waals surface area contributed by atoms with Crippen LogP contribution in [0.1, 0.15) is 80.9 Å². The van der Waals surface area contributed by atoms with Gasteiger partial charge in [-0.15, -0.1) is 0 Å². The molecule has 4 aliphatic rings. The van der Waals surface area contributed by atoms with E-state index in [9.17, 15) is 10.2 Å². The van der Waals surface area contributed by atoms with Gasteiger partial charge in [0.2, 0.25) is 0 Å². The first-order valence-corrected chi connectivity index (χ1v) is 13.8. The molecule has 4 heteroatoms. The molecule has 3 fully saturated rings. The summed E-state index contributed by atoms with van der Waals surface area (Å²) in [5.74, 6) is 2.59. The van der Waals surface area contributed by atoms with E-state index in [1.54, 1.807) is 0 Å². The number of aryl methyl sites for hydroxylation is 1. The summed E-state index contributed by atoms with van der Waals surface area (Å²) in [7, 11) is 0. The van der Waals surface area contributed by atoms with Gasteiger partial charge in [0.1, 0.15) is 18.1 Å². The molecule has 6 atom stereocenters. The van der Waals surface area contributed by atoms with Crippen LogP contribution in [0, 0.1) is 16.7 Å². The normalized spacial score (nSPS) is 36.4. The first-order valence-electron chi connectivity index (χ1n) is 13.8. The van der Waals surface area contributed by atoms with Crippen molar-refractivity contribution in [1.29, 1.82) is 0 Å². The maximum absolute atomic E-state index is 11.2. The molecule has 6 rings (SSSR count). The lowest BCUT2D eigenvalue weighted by atomic mass is 9.44. The molecule has 2 aromatic carbocycles. The fourth-order valence-corrected chi connectivity index (χ4v) is 8.68. The third-order valence-electron chi connectivity index (χ3n) is 10.4. The van der Waals surface area contributed by atoms with Crippen molar-refractivity contribution >= 4 is 0 Å². The SMILES string of the molecule is C[C@@]12CCc3cc(O)ccc3C1[C@@H](c1ccc(OCCN3CCCC3)cc1)C[C@@]1(C)C2CC[C@@H]1O. The average Bonchev–Trinajstić information content (AvgIpc) is 3.47. The number of fused-ring (bicyclic) bond motifs is 5. The molecule has 1 aliphatic heterocycles. The van der Waals surface area contributed by atoms with Crippen molar-refractivity contribution < 1.29 is 14.9 Å². The Balaban J connectivity index is 1.31. The van der Waals surface area contributed by atoms with Crippen molar-refractivity contribution in [3.05, 3.63) is 59.2 Å². The molecule has 0 aromatic heterocycles. The third-order valence-corrected chi connectivity index (χ3v) is 10.4. The van der Waals surface area contributed by atoms with E-state index >= 15 is 0 Å². The van der Waals surface area contributed by atoms with Gasteiger partial charge in [0.15, 0.2) is 0 Å². The lowest BCUT2D eigenvalue weighted by molar-refractivity contribution is -0.0768. The number of aromatic hydroxyl groups is 1. The highest BCUT2D eigenvalue weighted by molar-refractivity contribution is 5.45. The second kappa shape index (κ2) is 8.81. The molecule has 2 unspecified atom stereocenters. The van der Waals surface area contributed by atoms with Crippen LogP contribution < -0.4 is 4.74 Å². The van der Waals surface area contributed by atoms with Crippen LogP contribution in [0.2, 0.25) is 0 Å². The Morgan fingerprint density at radius 1 is 1.00 bits per heavy atom. The van der Waals surface area contributed by atoms with Crippen LogP contribution >= 0.6 is 0 Å². The van der Waals surface area contributed by atoms with Crippen molar-refractivity contribution in [3.63, 3.8) is 0 Å². The van der Waals surface area contributed by atoms with Gasteiger partial charge in [0, 0.05) is 6.54 Å². The van der Waals surface area contributed by atoms with Gasteiger partial charge in [-0.2, -0.15) is 0 Å². The van der Waals surface area contributed by atoms with Crippen molar-refractivity contribution in [3.8, 4) is 11.5 Å². The molecule has 188 valence electrons. The summed E-state index contributed by atoms with van der Waals surface area (Å²) in [5, 5.41) is 21.3. The molecule has 2 N–H and O–H groups in total. The predicted octanol–water partition coefficient (Wildman–Crippen LogP) is 5.87. The summed E-state index contributed by atoms with van der Waals surface area (Å²) in [4.78, 5) is 2.49. The van der Waals surface area contributed by atoms with Crippen LogP contribution in [-0.4, -0.2) is 47.5 Å². The Morgan fingerprint density at radius 3 is 2.54 bits per heavy atom. The number of phenols is 1. The lowest BCUT2D eigenvalue weighted by Gasteiger charge is -2.60. The van der Waals surface area contributed by atoms with Crippen LogP contribution in [0.3, 0.4) is 0 Å². The molecule has 1 saturated heterocycles. The van der Waals surface area contributed by atoms with Gasteiger partial charge < -0.3 is 14.9 Å². The monoisotopic (exact) mass is 475 g/mol. The second-order valence-corrected chi connectivity index (χ2v) is 12.3. The number of aliphatic hydroxyl groups is 1. The smallest absolute Gasteiger partial charge is 0.119 e. The molecule has 0 amide bonds. The van der Waals surface area contributed by atoms with Gasteiger partial charge in [-0.3, -0.25) is 4.90 Å². The van der Waals surface area contributed by atoms with E-state index in [4.69, 9.17) is 4.74 Å². The zero-order chi connectivity index (χ0) is 24.2. The van der Waals surface area contributed by atoms with Crippen molar-refractivity contribution in [2.24, 2.45) is 16.7 Å². The van der Waals surface area contributed by atoms with Gasteiger partial charge in [-0.05, 0) is 128 Å². The van der Waals surface area contributed by atoms with Crippen molar-refractivity contribution in [2.45, 2.75) is 76.7 Å². The molecular formula is C31H41NO3. The zero-order valence-electron chi connectivity index (χ0n) is 21.4. The maximum Gasteiger partial charge on any atom is 0.119 e. The summed E-state index contributed by atoms with van der Waals surface area (Å²) < 4.78 is 6.10. The van der Waals surface area contributed by atoms with E-state index < -0.39 is 0 Å². The number of benzene rings is 2. The highest BCUT2D eigenvalue weighted by Crippen LogP contribution is 2.70. The molecule has 0 radical (unpaired) electrons. The molecule has 1 heterocycles. The first-order chi connectivity index (χ1) is 16.9. The highest BCUT2D eigenvalue weighted by Gasteiger charge is 2.62. The minimum atomic E-state index is -0.220. The Kier molecular flexibility index (Phi) is 5.88. The van der Waals surface area contributed by atoms with E-state index in [1.807, 2.05) is 12.1 Å². The molecular weight excluding hydrogens is 434 g/mol. The number of rotatable bonds is 5.